The minimum atomic E-state index is -1.01. The molecule has 0 aromatic carbocycles. The summed E-state index contributed by atoms with van der Waals surface area (Å²) in [7, 11) is 0. The van der Waals surface area contributed by atoms with E-state index in [1.165, 1.54) is 0 Å². The second kappa shape index (κ2) is 4.88. The number of aliphatic hydroxyl groups excluding tert-OH is 3. The molecule has 3 N–H and O–H groups in total. The fourth-order valence-electron chi connectivity index (χ4n) is 1.48. The van der Waals surface area contributed by atoms with Gasteiger partial charge in [-0.05, 0) is 6.92 Å². The molecule has 0 bridgehead atoms. The van der Waals surface area contributed by atoms with E-state index in [2.05, 4.69) is 0 Å². The highest BCUT2D eigenvalue weighted by Crippen LogP contribution is 2.21. The monoisotopic (exact) mass is 192 g/mol. The van der Waals surface area contributed by atoms with Crippen molar-refractivity contribution in [2.24, 2.45) is 0 Å². The van der Waals surface area contributed by atoms with Crippen LogP contribution in [0.3, 0.4) is 0 Å². The van der Waals surface area contributed by atoms with Gasteiger partial charge in [0.25, 0.3) is 0 Å². The summed E-state index contributed by atoms with van der Waals surface area (Å²) in [5.41, 5.74) is 0. The summed E-state index contributed by atoms with van der Waals surface area (Å²) in [6.07, 6.45) is -2.84. The first-order chi connectivity index (χ1) is 6.19. The van der Waals surface area contributed by atoms with E-state index in [9.17, 15) is 5.11 Å². The van der Waals surface area contributed by atoms with Crippen molar-refractivity contribution in [3.05, 3.63) is 0 Å². The minimum absolute atomic E-state index is 0.126. The van der Waals surface area contributed by atoms with Crippen molar-refractivity contribution in [3.63, 3.8) is 0 Å². The molecule has 13 heavy (non-hydrogen) atoms. The average Bonchev–Trinajstić information content (AvgIpc) is 2.09. The first-order valence-electron chi connectivity index (χ1n) is 4.43. The zero-order valence-electron chi connectivity index (χ0n) is 7.59. The fraction of sp³-hybridized carbons (Fsp3) is 1.00. The number of ether oxygens (including phenoxy) is 2. The quantitative estimate of drug-likeness (QED) is 0.526. The highest BCUT2D eigenvalue weighted by Gasteiger charge is 2.37. The van der Waals surface area contributed by atoms with Crippen molar-refractivity contribution in [1.82, 2.24) is 0 Å². The summed E-state index contributed by atoms with van der Waals surface area (Å²) in [4.78, 5) is 0. The smallest absolute Gasteiger partial charge is 0.157 e. The van der Waals surface area contributed by atoms with Crippen LogP contribution in [0.25, 0.3) is 0 Å². The molecule has 0 aromatic rings. The van der Waals surface area contributed by atoms with Crippen LogP contribution in [0.15, 0.2) is 0 Å². The van der Waals surface area contributed by atoms with E-state index in [1.54, 1.807) is 6.92 Å². The van der Waals surface area contributed by atoms with Crippen LogP contribution in [0.1, 0.15) is 13.3 Å². The molecule has 0 amide bonds. The Balaban J connectivity index is 2.55. The third kappa shape index (κ3) is 2.62. The van der Waals surface area contributed by atoms with Gasteiger partial charge < -0.3 is 24.8 Å². The van der Waals surface area contributed by atoms with Crippen molar-refractivity contribution in [3.8, 4) is 0 Å². The van der Waals surface area contributed by atoms with Gasteiger partial charge in [-0.3, -0.25) is 0 Å². The third-order valence-corrected chi connectivity index (χ3v) is 2.06. The molecule has 5 nitrogen and oxygen atoms in total. The topological polar surface area (TPSA) is 79.2 Å². The van der Waals surface area contributed by atoms with Gasteiger partial charge in [-0.1, -0.05) is 0 Å². The Morgan fingerprint density at radius 3 is 2.69 bits per heavy atom. The summed E-state index contributed by atoms with van der Waals surface area (Å²) in [5.74, 6) is 0. The number of hydrogen-bond acceptors (Lipinski definition) is 5. The maximum atomic E-state index is 9.50. The number of aliphatic hydroxyl groups is 3. The van der Waals surface area contributed by atoms with E-state index in [0.29, 0.717) is 6.61 Å². The third-order valence-electron chi connectivity index (χ3n) is 2.06. The molecule has 0 radical (unpaired) electrons. The standard InChI is InChI=1S/C8H16O5/c1-2-12-8-5(10)3-7(11)13-6(8)4-9/h5-11H,2-4H2,1H3. The summed E-state index contributed by atoms with van der Waals surface area (Å²) in [6.45, 7) is 1.97. The molecule has 78 valence electrons. The Kier molecular flexibility index (Phi) is 4.08. The van der Waals surface area contributed by atoms with Gasteiger partial charge in [-0.25, -0.2) is 0 Å². The molecule has 5 heteroatoms. The van der Waals surface area contributed by atoms with Crippen LogP contribution < -0.4 is 0 Å². The largest absolute Gasteiger partial charge is 0.394 e. The van der Waals surface area contributed by atoms with E-state index in [0.717, 1.165) is 0 Å². The van der Waals surface area contributed by atoms with Gasteiger partial charge in [0.05, 0.1) is 12.7 Å². The zero-order valence-corrected chi connectivity index (χ0v) is 7.59. The van der Waals surface area contributed by atoms with Crippen LogP contribution in [-0.2, 0) is 9.47 Å². The van der Waals surface area contributed by atoms with E-state index in [-0.39, 0.29) is 13.0 Å². The summed E-state index contributed by atoms with van der Waals surface area (Å²) >= 11 is 0. The highest BCUT2D eigenvalue weighted by atomic mass is 16.6. The Bertz CT molecular complexity index is 151. The van der Waals surface area contributed by atoms with Gasteiger partial charge in [0.1, 0.15) is 12.2 Å². The number of hydrogen-bond donors (Lipinski definition) is 3. The van der Waals surface area contributed by atoms with Crippen molar-refractivity contribution in [2.75, 3.05) is 13.2 Å². The lowest BCUT2D eigenvalue weighted by molar-refractivity contribution is -0.249. The minimum Gasteiger partial charge on any atom is -0.394 e. The molecule has 0 aliphatic carbocycles. The van der Waals surface area contributed by atoms with Crippen LogP contribution in [0, 0.1) is 0 Å². The number of rotatable bonds is 3. The first kappa shape index (κ1) is 10.9. The van der Waals surface area contributed by atoms with Gasteiger partial charge in [0.2, 0.25) is 0 Å². The molecule has 1 saturated heterocycles. The molecular formula is C8H16O5. The SMILES string of the molecule is CCOC1C(O)CC(O)OC1CO. The molecule has 1 rings (SSSR count). The fourth-order valence-corrected chi connectivity index (χ4v) is 1.48. The van der Waals surface area contributed by atoms with Crippen molar-refractivity contribution < 1.29 is 24.8 Å². The average molecular weight is 192 g/mol. The van der Waals surface area contributed by atoms with E-state index < -0.39 is 24.6 Å². The lowest BCUT2D eigenvalue weighted by Gasteiger charge is -2.36. The normalized spacial score (nSPS) is 40.6. The summed E-state index contributed by atoms with van der Waals surface area (Å²) in [6, 6.07) is 0. The first-order valence-corrected chi connectivity index (χ1v) is 4.43. The van der Waals surface area contributed by atoms with Gasteiger partial charge in [0, 0.05) is 13.0 Å². The van der Waals surface area contributed by atoms with Crippen molar-refractivity contribution in [1.29, 1.82) is 0 Å². The highest BCUT2D eigenvalue weighted by molar-refractivity contribution is 4.83. The van der Waals surface area contributed by atoms with Crippen molar-refractivity contribution in [2.45, 2.75) is 37.9 Å². The maximum Gasteiger partial charge on any atom is 0.157 e. The Morgan fingerprint density at radius 1 is 1.46 bits per heavy atom. The van der Waals surface area contributed by atoms with Crippen LogP contribution in [0.5, 0.6) is 0 Å². The second-order valence-corrected chi connectivity index (χ2v) is 3.03. The lowest BCUT2D eigenvalue weighted by Crippen LogP contribution is -2.51. The molecule has 0 saturated carbocycles. The predicted molar refractivity (Wildman–Crippen MR) is 44.0 cm³/mol. The summed E-state index contributed by atoms with van der Waals surface area (Å²) in [5, 5.41) is 27.5. The van der Waals surface area contributed by atoms with E-state index >= 15 is 0 Å². The molecule has 1 aliphatic rings. The molecule has 1 heterocycles. The maximum absolute atomic E-state index is 9.50. The molecule has 1 fully saturated rings. The lowest BCUT2D eigenvalue weighted by atomic mass is 10.0. The van der Waals surface area contributed by atoms with E-state index in [4.69, 9.17) is 19.7 Å². The van der Waals surface area contributed by atoms with Crippen LogP contribution >= 0.6 is 0 Å². The predicted octanol–water partition coefficient (Wildman–Crippen LogP) is -1.15. The van der Waals surface area contributed by atoms with Crippen molar-refractivity contribution >= 4 is 0 Å². The van der Waals surface area contributed by atoms with E-state index in [1.807, 2.05) is 0 Å². The molecular weight excluding hydrogens is 176 g/mol. The van der Waals surface area contributed by atoms with Gasteiger partial charge in [-0.2, -0.15) is 0 Å². The van der Waals surface area contributed by atoms with Gasteiger partial charge >= 0.3 is 0 Å². The van der Waals surface area contributed by atoms with Gasteiger partial charge in [0.15, 0.2) is 6.29 Å². The zero-order chi connectivity index (χ0) is 9.84. The Hall–Kier alpha value is -0.200. The van der Waals surface area contributed by atoms with Crippen LogP contribution in [0.4, 0.5) is 0 Å². The second-order valence-electron chi connectivity index (χ2n) is 3.03. The van der Waals surface area contributed by atoms with Crippen LogP contribution in [-0.4, -0.2) is 53.1 Å². The Morgan fingerprint density at radius 2 is 2.15 bits per heavy atom. The molecule has 1 aliphatic heterocycles. The van der Waals surface area contributed by atoms with Gasteiger partial charge in [-0.15, -0.1) is 0 Å². The van der Waals surface area contributed by atoms with Crippen LogP contribution in [0.2, 0.25) is 0 Å². The molecule has 0 spiro atoms. The molecule has 0 aromatic heterocycles. The molecule has 4 unspecified atom stereocenters. The molecule has 4 atom stereocenters. The summed E-state index contributed by atoms with van der Waals surface area (Å²) < 4.78 is 10.2. The Labute approximate surface area is 76.9 Å².